The molecule has 0 unspecified atom stereocenters. The van der Waals surface area contributed by atoms with E-state index < -0.39 is 5.92 Å². The minimum Gasteiger partial charge on any atom is -0.493 e. The number of alkyl halides is 2. The molecular weight excluding hydrogens is 439 g/mol. The maximum absolute atomic E-state index is 13.4. The molecule has 1 aliphatic rings. The molecule has 0 saturated carbocycles. The Bertz CT molecular complexity index is 725. The summed E-state index contributed by atoms with van der Waals surface area (Å²) in [6, 6.07) is 13.7. The van der Waals surface area contributed by atoms with Crippen molar-refractivity contribution >= 4 is 22.6 Å². The molecule has 25 heavy (non-hydrogen) atoms. The monoisotopic (exact) mass is 459 g/mol. The lowest BCUT2D eigenvalue weighted by Gasteiger charge is -2.18. The lowest BCUT2D eigenvalue weighted by molar-refractivity contribution is 0.0115. The minimum atomic E-state index is -2.57. The van der Waals surface area contributed by atoms with Crippen molar-refractivity contribution < 1.29 is 18.3 Å². The van der Waals surface area contributed by atoms with Crippen LogP contribution in [-0.2, 0) is 13.2 Å². The highest BCUT2D eigenvalue weighted by molar-refractivity contribution is 14.1. The molecule has 2 aromatic rings. The number of ether oxygens (including phenoxy) is 2. The Kier molecular flexibility index (Phi) is 5.78. The second kappa shape index (κ2) is 7.86. The topological polar surface area (TPSA) is 21.7 Å². The van der Waals surface area contributed by atoms with E-state index in [9.17, 15) is 8.78 Å². The van der Waals surface area contributed by atoms with Gasteiger partial charge in [-0.3, -0.25) is 4.90 Å². The van der Waals surface area contributed by atoms with Crippen molar-refractivity contribution in [1.82, 2.24) is 4.90 Å². The summed E-state index contributed by atoms with van der Waals surface area (Å²) in [7, 11) is 1.59. The Labute approximate surface area is 160 Å². The largest absolute Gasteiger partial charge is 0.493 e. The fraction of sp³-hybridized carbons (Fsp3) is 0.368. The van der Waals surface area contributed by atoms with Gasteiger partial charge < -0.3 is 9.47 Å². The summed E-state index contributed by atoms with van der Waals surface area (Å²) in [5.41, 5.74) is 2.02. The first-order valence-corrected chi connectivity index (χ1v) is 9.18. The van der Waals surface area contributed by atoms with Crippen molar-refractivity contribution in [3.8, 4) is 11.5 Å². The number of nitrogens with zero attached hydrogens (tertiary/aromatic N) is 1. The van der Waals surface area contributed by atoms with Gasteiger partial charge in [0.15, 0.2) is 11.5 Å². The van der Waals surface area contributed by atoms with E-state index in [-0.39, 0.29) is 13.0 Å². The molecular formula is C19H20F2INO2. The van der Waals surface area contributed by atoms with E-state index in [1.165, 1.54) is 0 Å². The number of rotatable bonds is 6. The Morgan fingerprint density at radius 3 is 2.56 bits per heavy atom. The van der Waals surface area contributed by atoms with Gasteiger partial charge in [-0.05, 0) is 45.9 Å². The first-order valence-electron chi connectivity index (χ1n) is 8.10. The molecule has 0 aromatic heterocycles. The fourth-order valence-electron chi connectivity index (χ4n) is 2.93. The minimum absolute atomic E-state index is 0.0699. The fourth-order valence-corrected chi connectivity index (χ4v) is 3.76. The van der Waals surface area contributed by atoms with E-state index in [2.05, 4.69) is 22.6 Å². The van der Waals surface area contributed by atoms with Crippen LogP contribution in [0.25, 0.3) is 0 Å². The van der Waals surface area contributed by atoms with Gasteiger partial charge in [-0.25, -0.2) is 8.78 Å². The molecule has 0 radical (unpaired) electrons. The average Bonchev–Trinajstić information content (AvgIpc) is 2.93. The predicted molar refractivity (Wildman–Crippen MR) is 101 cm³/mol. The van der Waals surface area contributed by atoms with Crippen molar-refractivity contribution in [2.45, 2.75) is 25.5 Å². The zero-order chi connectivity index (χ0) is 17.9. The molecule has 1 saturated heterocycles. The summed E-state index contributed by atoms with van der Waals surface area (Å²) in [6.07, 6.45) is -0.0699. The summed E-state index contributed by atoms with van der Waals surface area (Å²) >= 11 is 2.20. The molecule has 0 N–H and O–H groups in total. The zero-order valence-electron chi connectivity index (χ0n) is 14.0. The summed E-state index contributed by atoms with van der Waals surface area (Å²) in [4.78, 5) is 1.77. The molecule has 0 aliphatic carbocycles. The normalized spacial score (nSPS) is 16.8. The van der Waals surface area contributed by atoms with E-state index >= 15 is 0 Å². The number of benzene rings is 2. The van der Waals surface area contributed by atoms with Crippen LogP contribution in [0.4, 0.5) is 8.78 Å². The average molecular weight is 459 g/mol. The van der Waals surface area contributed by atoms with E-state index in [1.807, 2.05) is 42.5 Å². The lowest BCUT2D eigenvalue weighted by atomic mass is 10.2. The first-order chi connectivity index (χ1) is 12.0. The van der Waals surface area contributed by atoms with Crippen molar-refractivity contribution in [2.75, 3.05) is 20.2 Å². The third-order valence-electron chi connectivity index (χ3n) is 4.17. The van der Waals surface area contributed by atoms with Gasteiger partial charge in [0, 0.05) is 19.5 Å². The molecule has 6 heteroatoms. The van der Waals surface area contributed by atoms with Crippen molar-refractivity contribution in [3.63, 3.8) is 0 Å². The number of halogens is 3. The van der Waals surface area contributed by atoms with Gasteiger partial charge in [-0.2, -0.15) is 0 Å². The van der Waals surface area contributed by atoms with Crippen LogP contribution in [-0.4, -0.2) is 31.0 Å². The van der Waals surface area contributed by atoms with E-state index in [1.54, 1.807) is 12.0 Å². The predicted octanol–water partition coefficient (Wildman–Crippen LogP) is 4.72. The Morgan fingerprint density at radius 2 is 1.92 bits per heavy atom. The molecule has 0 atom stereocenters. The summed E-state index contributed by atoms with van der Waals surface area (Å²) in [5.74, 6) is -1.26. The third-order valence-corrected chi connectivity index (χ3v) is 4.97. The smallest absolute Gasteiger partial charge is 0.261 e. The zero-order valence-corrected chi connectivity index (χ0v) is 16.1. The quantitative estimate of drug-likeness (QED) is 0.584. The van der Waals surface area contributed by atoms with Crippen LogP contribution >= 0.6 is 22.6 Å². The van der Waals surface area contributed by atoms with Crippen LogP contribution in [0.1, 0.15) is 17.5 Å². The molecule has 0 amide bonds. The van der Waals surface area contributed by atoms with Crippen LogP contribution in [0.15, 0.2) is 42.5 Å². The van der Waals surface area contributed by atoms with Gasteiger partial charge >= 0.3 is 0 Å². The van der Waals surface area contributed by atoms with Gasteiger partial charge in [0.1, 0.15) is 6.61 Å². The van der Waals surface area contributed by atoms with Crippen LogP contribution in [0.5, 0.6) is 11.5 Å². The second-order valence-electron chi connectivity index (χ2n) is 6.20. The number of likely N-dealkylation sites (tertiary alicyclic amines) is 1. The Balaban J connectivity index is 1.72. The number of methoxy groups -OCH3 is 1. The molecule has 134 valence electrons. The highest BCUT2D eigenvalue weighted by Crippen LogP contribution is 2.36. The standard InChI is InChI=1S/C19H20F2INO2/c1-24-17-10-15(11-23-8-7-19(20,21)13-23)9-16(22)18(17)25-12-14-5-3-2-4-6-14/h2-6,9-10H,7-8,11-13H2,1H3. The van der Waals surface area contributed by atoms with Gasteiger partial charge in [0.25, 0.3) is 5.92 Å². The Hall–Kier alpha value is -1.41. The van der Waals surface area contributed by atoms with Gasteiger partial charge in [-0.1, -0.05) is 30.3 Å². The van der Waals surface area contributed by atoms with Crippen LogP contribution in [0.3, 0.4) is 0 Å². The molecule has 0 spiro atoms. The third kappa shape index (κ3) is 4.82. The van der Waals surface area contributed by atoms with Crippen molar-refractivity contribution in [2.24, 2.45) is 0 Å². The maximum atomic E-state index is 13.4. The van der Waals surface area contributed by atoms with E-state index in [0.29, 0.717) is 31.2 Å². The SMILES string of the molecule is COc1cc(CN2CCC(F)(F)C2)cc(I)c1OCc1ccccc1. The Morgan fingerprint density at radius 1 is 1.16 bits per heavy atom. The maximum Gasteiger partial charge on any atom is 0.261 e. The molecule has 1 aliphatic heterocycles. The summed E-state index contributed by atoms with van der Waals surface area (Å²) in [6.45, 7) is 1.17. The van der Waals surface area contributed by atoms with Crippen LogP contribution < -0.4 is 9.47 Å². The molecule has 3 rings (SSSR count). The first kappa shape index (κ1) is 18.4. The lowest BCUT2D eigenvalue weighted by Crippen LogP contribution is -2.24. The number of hydrogen-bond acceptors (Lipinski definition) is 3. The molecule has 1 heterocycles. The molecule has 2 aromatic carbocycles. The van der Waals surface area contributed by atoms with Crippen LogP contribution in [0, 0.1) is 3.57 Å². The van der Waals surface area contributed by atoms with Crippen LogP contribution in [0.2, 0.25) is 0 Å². The summed E-state index contributed by atoms with van der Waals surface area (Å²) < 4.78 is 39.0. The van der Waals surface area contributed by atoms with Gasteiger partial charge in [0.2, 0.25) is 0 Å². The van der Waals surface area contributed by atoms with Gasteiger partial charge in [-0.15, -0.1) is 0 Å². The van der Waals surface area contributed by atoms with E-state index in [4.69, 9.17) is 9.47 Å². The van der Waals surface area contributed by atoms with E-state index in [0.717, 1.165) is 14.7 Å². The highest BCUT2D eigenvalue weighted by atomic mass is 127. The van der Waals surface area contributed by atoms with Gasteiger partial charge in [0.05, 0.1) is 17.2 Å². The molecule has 3 nitrogen and oxygen atoms in total. The molecule has 1 fully saturated rings. The van der Waals surface area contributed by atoms with Crippen molar-refractivity contribution in [1.29, 1.82) is 0 Å². The summed E-state index contributed by atoms with van der Waals surface area (Å²) in [5, 5.41) is 0. The molecule has 0 bridgehead atoms. The number of hydrogen-bond donors (Lipinski definition) is 0. The van der Waals surface area contributed by atoms with Crippen molar-refractivity contribution in [3.05, 3.63) is 57.2 Å². The highest BCUT2D eigenvalue weighted by Gasteiger charge is 2.38. The second-order valence-corrected chi connectivity index (χ2v) is 7.36.